The average Bonchev–Trinajstić information content (AvgIpc) is 0.836. The van der Waals surface area contributed by atoms with Gasteiger partial charge in [0.25, 0.3) is 0 Å². The third kappa shape index (κ3) is 39.9. The fourth-order valence-corrected chi connectivity index (χ4v) is 12.4. The lowest BCUT2D eigenvalue weighted by atomic mass is 9.96. The maximum Gasteiger partial charge on any atom is 0.305 e. The number of hydrogen-bond acceptors (Lipinski definition) is 19. The number of primary amides is 2. The van der Waals surface area contributed by atoms with E-state index >= 15 is 0 Å². The number of guanidine groups is 3. The first-order valence-corrected chi connectivity index (χ1v) is 40.2. The van der Waals surface area contributed by atoms with Crippen LogP contribution >= 0.6 is 0 Å². The van der Waals surface area contributed by atoms with Gasteiger partial charge in [-0.15, -0.1) is 0 Å². The molecule has 2 aromatic carbocycles. The molecule has 660 valence electrons. The van der Waals surface area contributed by atoms with Crippen LogP contribution in [0.1, 0.15) is 185 Å². The van der Waals surface area contributed by atoms with Crippen LogP contribution in [0.5, 0.6) is 0 Å². The van der Waals surface area contributed by atoms with E-state index in [0.717, 1.165) is 10.8 Å². The van der Waals surface area contributed by atoms with Gasteiger partial charge in [0, 0.05) is 32.5 Å². The second-order valence-corrected chi connectivity index (χ2v) is 31.4. The number of benzene rings is 2. The number of rotatable bonds is 56. The maximum atomic E-state index is 14.9. The number of nitrogens with zero attached hydrogens (tertiary/aromatic N) is 3. The zero-order valence-corrected chi connectivity index (χ0v) is 70.2. The first kappa shape index (κ1) is 103. The summed E-state index contributed by atoms with van der Waals surface area (Å²) in [5.74, 6) is -16.9. The van der Waals surface area contributed by atoms with Crippen molar-refractivity contribution in [3.8, 4) is 0 Å². The molecular formula is C78H132N24O16. The monoisotopic (exact) mass is 1660 g/mol. The number of amides is 14. The molecule has 0 saturated carbocycles. The van der Waals surface area contributed by atoms with E-state index < -0.39 is 199 Å². The number of carboxylic acid groups (broad SMARTS) is 1. The Balaban J connectivity index is 2.60. The van der Waals surface area contributed by atoms with Crippen LogP contribution in [-0.2, 0) is 78.3 Å². The second kappa shape index (κ2) is 53.0. The fourth-order valence-electron chi connectivity index (χ4n) is 12.4. The van der Waals surface area contributed by atoms with Gasteiger partial charge in [0.2, 0.25) is 82.7 Å². The largest absolute Gasteiger partial charge is 0.481 e. The van der Waals surface area contributed by atoms with E-state index in [1.807, 2.05) is 19.9 Å². The van der Waals surface area contributed by atoms with Gasteiger partial charge in [-0.25, -0.2) is 0 Å². The zero-order chi connectivity index (χ0) is 89.2. The van der Waals surface area contributed by atoms with Crippen molar-refractivity contribution in [1.82, 2.24) is 63.8 Å². The number of nitrogens with one attached hydrogen (secondary N) is 12. The Morgan fingerprint density at radius 3 is 1.18 bits per heavy atom. The van der Waals surface area contributed by atoms with Crippen LogP contribution < -0.4 is 115 Å². The van der Waals surface area contributed by atoms with Crippen LogP contribution in [-0.4, -0.2) is 210 Å². The van der Waals surface area contributed by atoms with Crippen LogP contribution in [0.25, 0.3) is 10.8 Å². The second-order valence-electron chi connectivity index (χ2n) is 31.4. The summed E-state index contributed by atoms with van der Waals surface area (Å²) in [5, 5.41) is 43.1. The third-order valence-corrected chi connectivity index (χ3v) is 19.1. The Labute approximate surface area is 689 Å². The van der Waals surface area contributed by atoms with Gasteiger partial charge >= 0.3 is 5.97 Å². The standard InChI is InChI=1S/C78H132N24O16/c1-13-44(11)62(102-68(111)51(24-19-31-90-78(86)87)95-75(118)63(45(12)14-2)101-65(108)49(79)22-17-29-88-76(82)83)74(117)91-39-60(104)92-54(33-41(5)6)69(112)99-57(37-46-25-26-47-20-15-16-21-48(47)36-46)72(115)100-58(38-61(105)106)73(116)94-52(27-28-59(80)103)67(110)97-56(35-43(9)10)71(114)98-55(34-42(7)8)70(113)93-50(23-18-30-89-77(84)85)66(109)96-53(64(81)107)32-40(3)4/h15-16,20-21,25-26,36,40-45,49-58,62-63H,13-14,17-19,22-24,27-35,37-39,79H2,1-12H3,(H2,80,103)(H2,81,107)(H,91,117)(H,92,104)(H,93,113)(H,94,116)(H,95,118)(H,96,109)(H,97,110)(H,98,114)(H,99,112)(H,100,115)(H,101,108)(H,102,111)(H,105,106)(H4,82,83,88)(H4,84,85,89)(H4,86,87,90)/t44-,45-,49-,50-,51-,52-,53-,54-,55-,56-,57-,58-,62-,63-/m0/s1. The highest BCUT2D eigenvalue weighted by Crippen LogP contribution is 2.20. The first-order chi connectivity index (χ1) is 55.4. The number of carbonyl (C=O) groups excluding carboxylic acids is 14. The number of aliphatic imine (C=N–C) groups is 3. The Morgan fingerprint density at radius 1 is 0.381 bits per heavy atom. The maximum absolute atomic E-state index is 14.9. The summed E-state index contributed by atoms with van der Waals surface area (Å²) < 4.78 is 0. The van der Waals surface area contributed by atoms with Crippen molar-refractivity contribution in [3.05, 3.63) is 48.0 Å². The Hall–Kier alpha value is -11.5. The van der Waals surface area contributed by atoms with E-state index in [1.165, 1.54) is 0 Å². The number of fused-ring (bicyclic) bond motifs is 1. The van der Waals surface area contributed by atoms with Gasteiger partial charge in [0.15, 0.2) is 17.9 Å². The molecule has 0 radical (unpaired) electrons. The van der Waals surface area contributed by atoms with Gasteiger partial charge in [-0.05, 0) is 122 Å². The van der Waals surface area contributed by atoms with E-state index in [2.05, 4.69) is 78.8 Å². The van der Waals surface area contributed by atoms with Crippen LogP contribution in [0.2, 0.25) is 0 Å². The van der Waals surface area contributed by atoms with Gasteiger partial charge < -0.3 is 121 Å². The molecule has 2 aromatic rings. The van der Waals surface area contributed by atoms with Crippen molar-refractivity contribution < 1.29 is 77.0 Å². The van der Waals surface area contributed by atoms with Gasteiger partial charge in [0.1, 0.15) is 66.5 Å². The Bertz CT molecular complexity index is 3790. The predicted octanol–water partition coefficient (Wildman–Crippen LogP) is -3.18. The van der Waals surface area contributed by atoms with Gasteiger partial charge in [-0.1, -0.05) is 138 Å². The fraction of sp³-hybridized carbons (Fsp3) is 0.641. The Morgan fingerprint density at radius 2 is 0.737 bits per heavy atom. The topological polar surface area (TPSA) is 692 Å². The molecule has 0 saturated heterocycles. The lowest BCUT2D eigenvalue weighted by Crippen LogP contribution is -2.61. The zero-order valence-electron chi connectivity index (χ0n) is 70.2. The molecule has 2 rings (SSSR count). The van der Waals surface area contributed by atoms with E-state index in [-0.39, 0.29) is 125 Å². The summed E-state index contributed by atoms with van der Waals surface area (Å²) in [4.78, 5) is 221. The summed E-state index contributed by atoms with van der Waals surface area (Å²) in [6, 6.07) is -4.65. The molecule has 0 unspecified atom stereocenters. The molecule has 0 aliphatic rings. The molecule has 40 nitrogen and oxygen atoms in total. The highest BCUT2D eigenvalue weighted by atomic mass is 16.4. The SMILES string of the molecule is CC[C@H](C)[C@H](NC(=O)[C@H](CCCN=C(N)N)NC(=O)[C@@H](NC(=O)[C@@H](N)CCCN=C(N)N)[C@@H](C)CC)C(=O)NCC(=O)N[C@@H](CC(C)C)C(=O)N[C@@H](Cc1ccc2ccccc2c1)C(=O)N[C@@H](CC(=O)O)C(=O)N[C@@H](CCC(N)=O)C(=O)N[C@@H](CC(C)C)C(=O)N[C@@H](CC(C)C)C(=O)N[C@@H](CCCN=C(N)N)C(=O)N[C@@H](CC(C)C)C(N)=O. The average molecular weight is 1660 g/mol. The molecular weight excluding hydrogens is 1530 g/mol. The van der Waals surface area contributed by atoms with Crippen molar-refractivity contribution in [2.75, 3.05) is 26.2 Å². The molecule has 118 heavy (non-hydrogen) atoms. The normalized spacial score (nSPS) is 14.8. The molecule has 14 amide bonds. The lowest BCUT2D eigenvalue weighted by Gasteiger charge is -2.29. The van der Waals surface area contributed by atoms with Crippen molar-refractivity contribution >= 4 is 117 Å². The molecule has 0 spiro atoms. The predicted molar refractivity (Wildman–Crippen MR) is 446 cm³/mol. The van der Waals surface area contributed by atoms with Crippen molar-refractivity contribution in [1.29, 1.82) is 0 Å². The number of hydrogen-bond donors (Lipinski definition) is 22. The van der Waals surface area contributed by atoms with Crippen LogP contribution in [0.4, 0.5) is 0 Å². The van der Waals surface area contributed by atoms with E-state index in [0.29, 0.717) is 24.8 Å². The van der Waals surface area contributed by atoms with Crippen LogP contribution in [0.15, 0.2) is 57.4 Å². The number of aliphatic carboxylic acids is 1. The van der Waals surface area contributed by atoms with Gasteiger partial charge in [-0.2, -0.15) is 0 Å². The smallest absolute Gasteiger partial charge is 0.305 e. The van der Waals surface area contributed by atoms with Crippen molar-refractivity contribution in [2.45, 2.75) is 258 Å². The van der Waals surface area contributed by atoms with E-state index in [9.17, 15) is 77.0 Å². The number of carboxylic acids is 1. The minimum atomic E-state index is -2.03. The van der Waals surface area contributed by atoms with Crippen LogP contribution in [0.3, 0.4) is 0 Å². The summed E-state index contributed by atoms with van der Waals surface area (Å²) in [6.45, 7) is 20.5. The molecule has 0 bridgehead atoms. The van der Waals surface area contributed by atoms with Crippen LogP contribution in [0, 0.1) is 35.5 Å². The van der Waals surface area contributed by atoms with Gasteiger partial charge in [0.05, 0.1) is 19.0 Å². The molecule has 31 N–H and O–H groups in total. The molecule has 0 heterocycles. The molecule has 40 heteroatoms. The summed E-state index contributed by atoms with van der Waals surface area (Å²) in [5.41, 5.74) is 50.8. The summed E-state index contributed by atoms with van der Waals surface area (Å²) in [6.07, 6.45) is -0.993. The van der Waals surface area contributed by atoms with E-state index in [1.54, 1.807) is 106 Å². The molecule has 14 atom stereocenters. The van der Waals surface area contributed by atoms with E-state index in [4.69, 9.17) is 51.6 Å². The summed E-state index contributed by atoms with van der Waals surface area (Å²) >= 11 is 0. The highest BCUT2D eigenvalue weighted by molar-refractivity contribution is 6.01. The molecule has 0 aromatic heterocycles. The van der Waals surface area contributed by atoms with Crippen molar-refractivity contribution in [3.63, 3.8) is 0 Å². The first-order valence-electron chi connectivity index (χ1n) is 40.2. The molecule has 0 aliphatic carbocycles. The highest BCUT2D eigenvalue weighted by Gasteiger charge is 2.39. The number of carbonyl (C=O) groups is 15. The third-order valence-electron chi connectivity index (χ3n) is 19.1. The van der Waals surface area contributed by atoms with Crippen molar-refractivity contribution in [2.24, 2.45) is 102 Å². The summed E-state index contributed by atoms with van der Waals surface area (Å²) in [7, 11) is 0. The number of nitrogens with two attached hydrogens (primary N) is 9. The molecule has 0 aliphatic heterocycles. The van der Waals surface area contributed by atoms with Gasteiger partial charge in [-0.3, -0.25) is 86.9 Å². The Kier molecular flexibility index (Phi) is 46.1. The minimum Gasteiger partial charge on any atom is -0.481 e. The lowest BCUT2D eigenvalue weighted by molar-refractivity contribution is -0.141. The minimum absolute atomic E-state index is 0.00186. The molecule has 0 fully saturated rings. The quantitative estimate of drug-likeness (QED) is 0.0176.